The fraction of sp³-hybridized carbons (Fsp3) is 0.350. The molecule has 0 radical (unpaired) electrons. The summed E-state index contributed by atoms with van der Waals surface area (Å²) in [6.07, 6.45) is 1.01. The summed E-state index contributed by atoms with van der Waals surface area (Å²) in [5, 5.41) is 0. The molecular formula is C20H25N3O. The lowest BCUT2D eigenvalue weighted by Crippen LogP contribution is -2.39. The maximum Gasteiger partial charge on any atom is 0.254 e. The third-order valence-corrected chi connectivity index (χ3v) is 4.86. The molecule has 126 valence electrons. The zero-order valence-corrected chi connectivity index (χ0v) is 14.4. The molecule has 1 amide bonds. The molecule has 4 heteroatoms. The molecule has 2 aromatic rings. The Morgan fingerprint density at radius 1 is 1.25 bits per heavy atom. The second kappa shape index (κ2) is 7.05. The summed E-state index contributed by atoms with van der Waals surface area (Å²) in [4.78, 5) is 17.1. The molecule has 24 heavy (non-hydrogen) atoms. The maximum atomic E-state index is 12.8. The average Bonchev–Trinajstić information content (AvgIpc) is 3.05. The first-order chi connectivity index (χ1) is 11.5. The van der Waals surface area contributed by atoms with E-state index >= 15 is 0 Å². The van der Waals surface area contributed by atoms with Gasteiger partial charge in [0.1, 0.15) is 0 Å². The summed E-state index contributed by atoms with van der Waals surface area (Å²) >= 11 is 0. The lowest BCUT2D eigenvalue weighted by Gasteiger charge is -2.26. The number of amides is 1. The number of nitrogen functional groups attached to an aromatic ring is 1. The van der Waals surface area contributed by atoms with Crippen molar-refractivity contribution in [3.63, 3.8) is 0 Å². The highest BCUT2D eigenvalue weighted by Gasteiger charge is 2.29. The summed E-state index contributed by atoms with van der Waals surface area (Å²) in [5.41, 5.74) is 9.48. The van der Waals surface area contributed by atoms with Gasteiger partial charge in [-0.2, -0.15) is 0 Å². The van der Waals surface area contributed by atoms with Crippen molar-refractivity contribution < 1.29 is 4.79 Å². The van der Waals surface area contributed by atoms with Crippen molar-refractivity contribution in [1.29, 1.82) is 0 Å². The van der Waals surface area contributed by atoms with E-state index in [4.69, 9.17) is 5.73 Å². The number of aryl methyl sites for hydroxylation is 1. The van der Waals surface area contributed by atoms with E-state index in [1.165, 1.54) is 5.56 Å². The number of hydrogen-bond acceptors (Lipinski definition) is 3. The molecule has 2 N–H and O–H groups in total. The second-order valence-electron chi connectivity index (χ2n) is 6.65. The summed E-state index contributed by atoms with van der Waals surface area (Å²) < 4.78 is 0. The molecule has 4 nitrogen and oxygen atoms in total. The van der Waals surface area contributed by atoms with Crippen LogP contribution in [0.4, 0.5) is 5.69 Å². The van der Waals surface area contributed by atoms with Crippen LogP contribution in [0.5, 0.6) is 0 Å². The number of benzene rings is 2. The van der Waals surface area contributed by atoms with Crippen LogP contribution in [-0.2, 0) is 6.54 Å². The standard InChI is InChI=1S/C20H25N3O/c1-15-8-9-17(21)12-19(15)20(24)22(2)18-10-11-23(14-18)13-16-6-4-3-5-7-16/h3-9,12,18H,10-11,13-14,21H2,1-2H3. The predicted octanol–water partition coefficient (Wildman–Crippen LogP) is 2.92. The first-order valence-corrected chi connectivity index (χ1v) is 8.44. The molecule has 2 aromatic carbocycles. The highest BCUT2D eigenvalue weighted by atomic mass is 16.2. The van der Waals surface area contributed by atoms with Gasteiger partial charge in [0.15, 0.2) is 0 Å². The van der Waals surface area contributed by atoms with Crippen LogP contribution >= 0.6 is 0 Å². The number of rotatable bonds is 4. The Bertz CT molecular complexity index is 714. The van der Waals surface area contributed by atoms with Crippen molar-refractivity contribution in [1.82, 2.24) is 9.80 Å². The van der Waals surface area contributed by atoms with Crippen molar-refractivity contribution in [2.75, 3.05) is 25.9 Å². The molecule has 0 bridgehead atoms. The normalized spacial score (nSPS) is 17.8. The van der Waals surface area contributed by atoms with Crippen molar-refractivity contribution >= 4 is 11.6 Å². The van der Waals surface area contributed by atoms with Crippen molar-refractivity contribution in [2.24, 2.45) is 0 Å². The maximum absolute atomic E-state index is 12.8. The Labute approximate surface area is 143 Å². The minimum Gasteiger partial charge on any atom is -0.399 e. The monoisotopic (exact) mass is 323 g/mol. The highest BCUT2D eigenvalue weighted by molar-refractivity contribution is 5.96. The zero-order valence-electron chi connectivity index (χ0n) is 14.4. The van der Waals surface area contributed by atoms with Gasteiger partial charge < -0.3 is 10.6 Å². The third kappa shape index (κ3) is 3.60. The molecule has 0 saturated carbocycles. The molecule has 1 heterocycles. The fourth-order valence-electron chi connectivity index (χ4n) is 3.34. The number of likely N-dealkylation sites (tertiary alicyclic amines) is 1. The molecule has 1 atom stereocenters. The average molecular weight is 323 g/mol. The topological polar surface area (TPSA) is 49.6 Å². The van der Waals surface area contributed by atoms with Crippen LogP contribution in [0.15, 0.2) is 48.5 Å². The van der Waals surface area contributed by atoms with E-state index in [9.17, 15) is 4.79 Å². The molecule has 0 aromatic heterocycles. The molecular weight excluding hydrogens is 298 g/mol. The highest BCUT2D eigenvalue weighted by Crippen LogP contribution is 2.21. The van der Waals surface area contributed by atoms with Crippen LogP contribution in [-0.4, -0.2) is 41.9 Å². The zero-order chi connectivity index (χ0) is 17.1. The quantitative estimate of drug-likeness (QED) is 0.880. The van der Waals surface area contributed by atoms with E-state index in [1.807, 2.05) is 37.1 Å². The molecule has 1 fully saturated rings. The minimum atomic E-state index is 0.0614. The Balaban J connectivity index is 1.64. The Hall–Kier alpha value is -2.33. The van der Waals surface area contributed by atoms with Gasteiger partial charge in [-0.15, -0.1) is 0 Å². The van der Waals surface area contributed by atoms with Gasteiger partial charge in [0.2, 0.25) is 0 Å². The van der Waals surface area contributed by atoms with Gasteiger partial charge in [-0.3, -0.25) is 9.69 Å². The number of likely N-dealkylation sites (N-methyl/N-ethyl adjacent to an activating group) is 1. The predicted molar refractivity (Wildman–Crippen MR) is 97.8 cm³/mol. The summed E-state index contributed by atoms with van der Waals surface area (Å²) in [6.45, 7) is 4.83. The Morgan fingerprint density at radius 3 is 2.75 bits per heavy atom. The molecule has 1 aliphatic heterocycles. The fourth-order valence-corrected chi connectivity index (χ4v) is 3.34. The van der Waals surface area contributed by atoms with E-state index in [1.54, 1.807) is 6.07 Å². The molecule has 0 aliphatic carbocycles. The summed E-state index contributed by atoms with van der Waals surface area (Å²) in [6, 6.07) is 16.3. The first-order valence-electron chi connectivity index (χ1n) is 8.44. The number of anilines is 1. The number of nitrogens with zero attached hydrogens (tertiary/aromatic N) is 2. The van der Waals surface area contributed by atoms with E-state index in [0.717, 1.165) is 31.6 Å². The number of carbonyl (C=O) groups is 1. The molecule has 1 saturated heterocycles. The van der Waals surface area contributed by atoms with E-state index < -0.39 is 0 Å². The number of carbonyl (C=O) groups excluding carboxylic acids is 1. The lowest BCUT2D eigenvalue weighted by molar-refractivity contribution is 0.0734. The smallest absolute Gasteiger partial charge is 0.254 e. The second-order valence-corrected chi connectivity index (χ2v) is 6.65. The number of nitrogens with two attached hydrogens (primary N) is 1. The van der Waals surface area contributed by atoms with Gasteiger partial charge >= 0.3 is 0 Å². The Morgan fingerprint density at radius 2 is 2.00 bits per heavy atom. The summed E-state index contributed by atoms with van der Waals surface area (Å²) in [5.74, 6) is 0.0614. The van der Waals surface area contributed by atoms with E-state index in [2.05, 4.69) is 29.2 Å². The summed E-state index contributed by atoms with van der Waals surface area (Å²) in [7, 11) is 1.90. The van der Waals surface area contributed by atoms with Crippen LogP contribution < -0.4 is 5.73 Å². The van der Waals surface area contributed by atoms with Gasteiger partial charge in [-0.05, 0) is 36.6 Å². The molecule has 0 spiro atoms. The van der Waals surface area contributed by atoms with Gasteiger partial charge in [-0.25, -0.2) is 0 Å². The minimum absolute atomic E-state index is 0.0614. The first kappa shape index (κ1) is 16.5. The van der Waals surface area contributed by atoms with E-state index in [-0.39, 0.29) is 11.9 Å². The van der Waals surface area contributed by atoms with Gasteiger partial charge in [0.05, 0.1) is 0 Å². The number of hydrogen-bond donors (Lipinski definition) is 1. The molecule has 1 unspecified atom stereocenters. The van der Waals surface area contributed by atoms with Gasteiger partial charge in [-0.1, -0.05) is 36.4 Å². The Kier molecular flexibility index (Phi) is 4.86. The molecule has 3 rings (SSSR count). The SMILES string of the molecule is Cc1ccc(N)cc1C(=O)N(C)C1CCN(Cc2ccccc2)C1. The van der Waals surface area contributed by atoms with E-state index in [0.29, 0.717) is 11.3 Å². The lowest BCUT2D eigenvalue weighted by atomic mass is 10.1. The van der Waals surface area contributed by atoms with Crippen LogP contribution in [0.3, 0.4) is 0 Å². The largest absolute Gasteiger partial charge is 0.399 e. The van der Waals surface area contributed by atoms with Crippen LogP contribution in [0, 0.1) is 6.92 Å². The van der Waals surface area contributed by atoms with Crippen molar-refractivity contribution in [2.45, 2.75) is 25.9 Å². The van der Waals surface area contributed by atoms with Crippen LogP contribution in [0.25, 0.3) is 0 Å². The third-order valence-electron chi connectivity index (χ3n) is 4.86. The molecule has 1 aliphatic rings. The van der Waals surface area contributed by atoms with Crippen LogP contribution in [0.2, 0.25) is 0 Å². The van der Waals surface area contributed by atoms with Gasteiger partial charge in [0, 0.05) is 44.0 Å². The van der Waals surface area contributed by atoms with Gasteiger partial charge in [0.25, 0.3) is 5.91 Å². The van der Waals surface area contributed by atoms with Crippen molar-refractivity contribution in [3.05, 3.63) is 65.2 Å². The van der Waals surface area contributed by atoms with Crippen molar-refractivity contribution in [3.8, 4) is 0 Å². The van der Waals surface area contributed by atoms with Crippen LogP contribution in [0.1, 0.15) is 27.9 Å².